The number of hydrogen-bond donors (Lipinski definition) is 2. The Morgan fingerprint density at radius 1 is 1.57 bits per heavy atom. The Labute approximate surface area is 88.3 Å². The van der Waals surface area contributed by atoms with Gasteiger partial charge in [-0.1, -0.05) is 6.07 Å². The molecule has 0 bridgehead atoms. The number of phenols is 1. The van der Waals surface area contributed by atoms with Gasteiger partial charge in [0.25, 0.3) is 0 Å². The lowest BCUT2D eigenvalue weighted by Gasteiger charge is -2.15. The zero-order valence-electron chi connectivity index (χ0n) is 7.29. The molecule has 0 aliphatic heterocycles. The summed E-state index contributed by atoms with van der Waals surface area (Å²) in [4.78, 5) is 10.6. The van der Waals surface area contributed by atoms with Crippen molar-refractivity contribution >= 4 is 21.9 Å². The number of carboxylic acid groups (broad SMARTS) is 1. The molecule has 1 aromatic rings. The van der Waals surface area contributed by atoms with Gasteiger partial charge in [-0.15, -0.1) is 0 Å². The third kappa shape index (κ3) is 1.87. The molecule has 0 saturated heterocycles. The topological polar surface area (TPSA) is 57.5 Å². The van der Waals surface area contributed by atoms with Crippen LogP contribution < -0.4 is 0 Å². The third-order valence-corrected chi connectivity index (χ3v) is 2.53. The molecule has 14 heavy (non-hydrogen) atoms. The second-order valence-corrected chi connectivity index (χ2v) is 3.83. The lowest BCUT2D eigenvalue weighted by atomic mass is 9.98. The van der Waals surface area contributed by atoms with Crippen LogP contribution in [0.2, 0.25) is 0 Å². The van der Waals surface area contributed by atoms with Crippen molar-refractivity contribution in [3.8, 4) is 5.75 Å². The summed E-state index contributed by atoms with van der Waals surface area (Å²) in [5.41, 5.74) is -2.47. The first-order valence-corrected chi connectivity index (χ1v) is 4.56. The number of phenolic OH excluding ortho intramolecular Hbond substituents is 1. The van der Waals surface area contributed by atoms with E-state index in [2.05, 4.69) is 15.9 Å². The Kier molecular flexibility index (Phi) is 2.80. The monoisotopic (exact) mass is 262 g/mol. The number of aromatic hydroxyl groups is 1. The molecule has 0 aliphatic rings. The van der Waals surface area contributed by atoms with E-state index in [0.29, 0.717) is 0 Å². The van der Waals surface area contributed by atoms with Crippen molar-refractivity contribution in [2.45, 2.75) is 12.6 Å². The average molecular weight is 263 g/mol. The zero-order valence-corrected chi connectivity index (χ0v) is 8.88. The Morgan fingerprint density at radius 2 is 2.14 bits per heavy atom. The smallest absolute Gasteiger partial charge is 0.345 e. The maximum absolute atomic E-state index is 13.6. The van der Waals surface area contributed by atoms with Crippen molar-refractivity contribution in [1.29, 1.82) is 0 Å². The van der Waals surface area contributed by atoms with Crippen molar-refractivity contribution in [3.63, 3.8) is 0 Å². The summed E-state index contributed by atoms with van der Waals surface area (Å²) in [6, 6.07) is 3.71. The Bertz CT molecular complexity index is 376. The Hall–Kier alpha value is -1.10. The summed E-state index contributed by atoms with van der Waals surface area (Å²) in [7, 11) is 0. The second-order valence-electron chi connectivity index (χ2n) is 2.97. The van der Waals surface area contributed by atoms with Crippen LogP contribution in [0.15, 0.2) is 22.7 Å². The standard InChI is InChI=1S/C9H8BrFO3/c1-9(11,8(13)14)5-2-3-7(12)6(10)4-5/h2-4,12H,1H3,(H,13,14). The molecule has 1 rings (SSSR count). The first-order valence-electron chi connectivity index (χ1n) is 3.77. The lowest BCUT2D eigenvalue weighted by Crippen LogP contribution is -2.26. The molecule has 3 nitrogen and oxygen atoms in total. The second kappa shape index (κ2) is 3.57. The highest BCUT2D eigenvalue weighted by Crippen LogP contribution is 2.32. The van der Waals surface area contributed by atoms with Gasteiger partial charge in [0.15, 0.2) is 0 Å². The molecule has 0 fully saturated rings. The number of carboxylic acids is 1. The molecule has 0 aromatic heterocycles. The van der Waals surface area contributed by atoms with Crippen LogP contribution in [0.25, 0.3) is 0 Å². The van der Waals surface area contributed by atoms with Crippen LogP contribution in [-0.4, -0.2) is 16.2 Å². The maximum atomic E-state index is 13.6. The zero-order chi connectivity index (χ0) is 10.9. The van der Waals surface area contributed by atoms with Crippen LogP contribution in [0.4, 0.5) is 4.39 Å². The highest BCUT2D eigenvalue weighted by molar-refractivity contribution is 9.10. The highest BCUT2D eigenvalue weighted by Gasteiger charge is 2.35. The van der Waals surface area contributed by atoms with Gasteiger partial charge in [0.2, 0.25) is 5.67 Å². The molecule has 1 unspecified atom stereocenters. The van der Waals surface area contributed by atoms with E-state index >= 15 is 0 Å². The van der Waals surface area contributed by atoms with E-state index in [0.717, 1.165) is 6.92 Å². The van der Waals surface area contributed by atoms with Crippen molar-refractivity contribution in [1.82, 2.24) is 0 Å². The largest absolute Gasteiger partial charge is 0.507 e. The van der Waals surface area contributed by atoms with Crippen LogP contribution in [0.1, 0.15) is 12.5 Å². The Morgan fingerprint density at radius 3 is 2.57 bits per heavy atom. The average Bonchev–Trinajstić information content (AvgIpc) is 2.09. The molecule has 0 aliphatic carbocycles. The molecule has 1 aromatic carbocycles. The van der Waals surface area contributed by atoms with Gasteiger partial charge in [0.05, 0.1) is 4.47 Å². The van der Waals surface area contributed by atoms with Gasteiger partial charge in [-0.3, -0.25) is 0 Å². The minimum Gasteiger partial charge on any atom is -0.507 e. The molecule has 0 saturated carbocycles. The molecule has 0 amide bonds. The normalized spacial score (nSPS) is 14.8. The van der Waals surface area contributed by atoms with Gasteiger partial charge < -0.3 is 10.2 Å². The van der Waals surface area contributed by atoms with Crippen LogP contribution in [-0.2, 0) is 10.5 Å². The van der Waals surface area contributed by atoms with Crippen LogP contribution in [0.5, 0.6) is 5.75 Å². The fourth-order valence-electron chi connectivity index (χ4n) is 0.922. The highest BCUT2D eigenvalue weighted by atomic mass is 79.9. The number of hydrogen-bond acceptors (Lipinski definition) is 2. The van der Waals surface area contributed by atoms with E-state index in [1.807, 2.05) is 0 Å². The molecule has 0 heterocycles. The van der Waals surface area contributed by atoms with Gasteiger partial charge in [0.1, 0.15) is 5.75 Å². The van der Waals surface area contributed by atoms with Crippen molar-refractivity contribution in [2.24, 2.45) is 0 Å². The predicted octanol–water partition coefficient (Wildman–Crippen LogP) is 2.42. The van der Waals surface area contributed by atoms with E-state index in [9.17, 15) is 9.18 Å². The molecule has 76 valence electrons. The summed E-state index contributed by atoms with van der Waals surface area (Å²) in [5.74, 6) is -1.62. The van der Waals surface area contributed by atoms with Gasteiger partial charge in [-0.25, -0.2) is 9.18 Å². The fourth-order valence-corrected chi connectivity index (χ4v) is 1.30. The van der Waals surface area contributed by atoms with Gasteiger partial charge >= 0.3 is 5.97 Å². The Balaban J connectivity index is 3.21. The van der Waals surface area contributed by atoms with E-state index in [-0.39, 0.29) is 15.8 Å². The third-order valence-electron chi connectivity index (χ3n) is 1.89. The molecule has 2 N–H and O–H groups in total. The molecule has 0 spiro atoms. The fraction of sp³-hybridized carbons (Fsp3) is 0.222. The molecular weight excluding hydrogens is 255 g/mol. The molecule has 1 atom stereocenters. The van der Waals surface area contributed by atoms with Crippen LogP contribution in [0.3, 0.4) is 0 Å². The van der Waals surface area contributed by atoms with E-state index in [1.54, 1.807) is 0 Å². The number of benzene rings is 1. The molecule has 0 radical (unpaired) electrons. The van der Waals surface area contributed by atoms with Crippen LogP contribution >= 0.6 is 15.9 Å². The van der Waals surface area contributed by atoms with Gasteiger partial charge in [-0.2, -0.15) is 0 Å². The van der Waals surface area contributed by atoms with Crippen molar-refractivity contribution in [3.05, 3.63) is 28.2 Å². The summed E-state index contributed by atoms with van der Waals surface area (Å²) in [6.07, 6.45) is 0. The number of rotatable bonds is 2. The number of carbonyl (C=O) groups is 1. The minimum absolute atomic E-state index is 0.0188. The van der Waals surface area contributed by atoms with E-state index in [1.165, 1.54) is 18.2 Å². The van der Waals surface area contributed by atoms with E-state index < -0.39 is 11.6 Å². The van der Waals surface area contributed by atoms with Crippen molar-refractivity contribution < 1.29 is 19.4 Å². The molecular formula is C9H8BrFO3. The van der Waals surface area contributed by atoms with Gasteiger partial charge in [0, 0.05) is 5.56 Å². The number of halogens is 2. The summed E-state index contributed by atoms with van der Waals surface area (Å²) < 4.78 is 13.8. The first-order chi connectivity index (χ1) is 6.35. The maximum Gasteiger partial charge on any atom is 0.345 e. The summed E-state index contributed by atoms with van der Waals surface area (Å²) >= 11 is 2.98. The number of aliphatic carboxylic acids is 1. The van der Waals surface area contributed by atoms with Crippen LogP contribution in [0, 0.1) is 0 Å². The first kappa shape index (κ1) is 11.0. The van der Waals surface area contributed by atoms with Gasteiger partial charge in [-0.05, 0) is 35.0 Å². The summed E-state index contributed by atoms with van der Waals surface area (Å²) in [6.45, 7) is 0.953. The lowest BCUT2D eigenvalue weighted by molar-refractivity contribution is -0.150. The van der Waals surface area contributed by atoms with Crippen molar-refractivity contribution in [2.75, 3.05) is 0 Å². The summed E-state index contributed by atoms with van der Waals surface area (Å²) in [5, 5.41) is 17.7. The SMILES string of the molecule is CC(F)(C(=O)O)c1ccc(O)c(Br)c1. The quantitative estimate of drug-likeness (QED) is 0.861. The number of alkyl halides is 1. The minimum atomic E-state index is -2.45. The predicted molar refractivity (Wildman–Crippen MR) is 51.9 cm³/mol. The molecule has 5 heteroatoms. The van der Waals surface area contributed by atoms with E-state index in [4.69, 9.17) is 10.2 Å².